The van der Waals surface area contributed by atoms with Crippen molar-refractivity contribution in [2.24, 2.45) is 5.73 Å². The highest BCUT2D eigenvalue weighted by Crippen LogP contribution is 2.30. The van der Waals surface area contributed by atoms with E-state index in [1.807, 2.05) is 11.9 Å². The molecular formula is C16H20N6O2. The fraction of sp³-hybridized carbons (Fsp3) is 0.375. The highest BCUT2D eigenvalue weighted by atomic mass is 16.2. The largest absolute Gasteiger partial charge is 0.365 e. The van der Waals surface area contributed by atoms with Gasteiger partial charge in [0.05, 0.1) is 16.8 Å². The first-order valence-corrected chi connectivity index (χ1v) is 7.82. The van der Waals surface area contributed by atoms with Gasteiger partial charge in [-0.1, -0.05) is 6.58 Å². The van der Waals surface area contributed by atoms with Gasteiger partial charge in [-0.2, -0.15) is 0 Å². The van der Waals surface area contributed by atoms with Crippen LogP contribution in [0, 0.1) is 6.92 Å². The summed E-state index contributed by atoms with van der Waals surface area (Å²) >= 11 is 0. The standard InChI is InChI=1S/C16H20N6O2/c1-3-12(23)21-22-6-4-5-10(8-22)13-15-14(19-9(2)20-15)11(7-18-13)16(17)24/h3,7,10H,1,4-6,8H2,2H3,(H2,17,24)(H,19,20)(H,21,23)/t10-/m0/s1. The lowest BCUT2D eigenvalue weighted by Gasteiger charge is -2.32. The number of amides is 2. The molecular weight excluding hydrogens is 308 g/mol. The summed E-state index contributed by atoms with van der Waals surface area (Å²) in [6.45, 7) is 6.69. The Hall–Kier alpha value is -2.74. The summed E-state index contributed by atoms with van der Waals surface area (Å²) in [5, 5.41) is 1.87. The zero-order valence-electron chi connectivity index (χ0n) is 13.5. The second-order valence-electron chi connectivity index (χ2n) is 5.93. The maximum Gasteiger partial charge on any atom is 0.257 e. The van der Waals surface area contributed by atoms with Crippen LogP contribution in [0.15, 0.2) is 18.9 Å². The molecule has 0 saturated carbocycles. The van der Waals surface area contributed by atoms with E-state index in [0.29, 0.717) is 29.0 Å². The number of aromatic nitrogens is 3. The molecule has 0 aliphatic carbocycles. The molecule has 3 rings (SSSR count). The minimum Gasteiger partial charge on any atom is -0.365 e. The molecule has 0 aromatic carbocycles. The van der Waals surface area contributed by atoms with Gasteiger partial charge in [-0.25, -0.2) is 9.99 Å². The van der Waals surface area contributed by atoms with Gasteiger partial charge in [0.15, 0.2) is 0 Å². The summed E-state index contributed by atoms with van der Waals surface area (Å²) in [6.07, 6.45) is 4.61. The Morgan fingerprint density at radius 1 is 1.54 bits per heavy atom. The van der Waals surface area contributed by atoms with Crippen LogP contribution >= 0.6 is 0 Å². The van der Waals surface area contributed by atoms with E-state index in [4.69, 9.17) is 5.73 Å². The van der Waals surface area contributed by atoms with Crippen LogP contribution in [0.2, 0.25) is 0 Å². The van der Waals surface area contributed by atoms with Gasteiger partial charge in [-0.05, 0) is 25.8 Å². The number of nitrogens with zero attached hydrogens (tertiary/aromatic N) is 3. The molecule has 24 heavy (non-hydrogen) atoms. The van der Waals surface area contributed by atoms with Crippen molar-refractivity contribution in [2.45, 2.75) is 25.7 Å². The minimum absolute atomic E-state index is 0.107. The molecule has 0 radical (unpaired) electrons. The number of pyridine rings is 1. The summed E-state index contributed by atoms with van der Waals surface area (Å²) in [7, 11) is 0. The normalized spacial score (nSPS) is 18.5. The van der Waals surface area contributed by atoms with Crippen LogP contribution in [0.3, 0.4) is 0 Å². The number of nitrogens with one attached hydrogen (secondary N) is 2. The predicted molar refractivity (Wildman–Crippen MR) is 89.0 cm³/mol. The summed E-state index contributed by atoms with van der Waals surface area (Å²) < 4.78 is 0. The fourth-order valence-corrected chi connectivity index (χ4v) is 3.12. The van der Waals surface area contributed by atoms with E-state index in [1.54, 1.807) is 0 Å². The van der Waals surface area contributed by atoms with E-state index in [2.05, 4.69) is 27.0 Å². The molecule has 2 aromatic heterocycles. The van der Waals surface area contributed by atoms with Gasteiger partial charge in [0, 0.05) is 25.2 Å². The summed E-state index contributed by atoms with van der Waals surface area (Å²) in [5.41, 5.74) is 10.7. The third-order valence-electron chi connectivity index (χ3n) is 4.19. The van der Waals surface area contributed by atoms with Gasteiger partial charge < -0.3 is 10.7 Å². The number of carbonyl (C=O) groups is 2. The van der Waals surface area contributed by atoms with Crippen LogP contribution < -0.4 is 11.2 Å². The van der Waals surface area contributed by atoms with E-state index in [1.165, 1.54) is 12.3 Å². The van der Waals surface area contributed by atoms with E-state index in [0.717, 1.165) is 25.1 Å². The van der Waals surface area contributed by atoms with Gasteiger partial charge in [0.1, 0.15) is 11.3 Å². The number of hydrogen-bond acceptors (Lipinski definition) is 5. The third-order valence-corrected chi connectivity index (χ3v) is 4.19. The summed E-state index contributed by atoms with van der Waals surface area (Å²) in [5.74, 6) is 0.0463. The number of rotatable bonds is 4. The maximum atomic E-state index is 11.6. The quantitative estimate of drug-likeness (QED) is 0.716. The number of aryl methyl sites for hydroxylation is 1. The lowest BCUT2D eigenvalue weighted by Crippen LogP contribution is -2.46. The number of carbonyl (C=O) groups excluding carboxylic acids is 2. The first kappa shape index (κ1) is 16.1. The lowest BCUT2D eigenvalue weighted by molar-refractivity contribution is -0.121. The van der Waals surface area contributed by atoms with Crippen LogP contribution in [0.4, 0.5) is 0 Å². The average Bonchev–Trinajstić information content (AvgIpc) is 2.94. The predicted octanol–water partition coefficient (Wildman–Crippen LogP) is 0.762. The minimum atomic E-state index is -0.536. The van der Waals surface area contributed by atoms with Gasteiger partial charge >= 0.3 is 0 Å². The third kappa shape index (κ3) is 3.00. The highest BCUT2D eigenvalue weighted by Gasteiger charge is 2.27. The molecule has 0 bridgehead atoms. The lowest BCUT2D eigenvalue weighted by atomic mass is 9.94. The molecule has 8 nitrogen and oxygen atoms in total. The summed E-state index contributed by atoms with van der Waals surface area (Å²) in [6, 6.07) is 0. The molecule has 3 heterocycles. The molecule has 0 unspecified atom stereocenters. The number of hydrogen-bond donors (Lipinski definition) is 3. The van der Waals surface area contributed by atoms with E-state index < -0.39 is 5.91 Å². The van der Waals surface area contributed by atoms with Crippen LogP contribution in [0.1, 0.15) is 40.6 Å². The first-order chi connectivity index (χ1) is 11.5. The summed E-state index contributed by atoms with van der Waals surface area (Å²) in [4.78, 5) is 35.1. The fourth-order valence-electron chi connectivity index (χ4n) is 3.12. The van der Waals surface area contributed by atoms with Gasteiger partial charge in [0.25, 0.3) is 11.8 Å². The Morgan fingerprint density at radius 2 is 2.33 bits per heavy atom. The number of fused-ring (bicyclic) bond motifs is 1. The molecule has 1 fully saturated rings. The number of imidazole rings is 1. The first-order valence-electron chi connectivity index (χ1n) is 7.82. The molecule has 1 aliphatic rings. The van der Waals surface area contributed by atoms with Crippen molar-refractivity contribution in [3.8, 4) is 0 Å². The topological polar surface area (TPSA) is 117 Å². The van der Waals surface area contributed by atoms with Gasteiger partial charge in [0.2, 0.25) is 0 Å². The van der Waals surface area contributed by atoms with E-state index in [9.17, 15) is 9.59 Å². The van der Waals surface area contributed by atoms with Crippen LogP contribution in [0.25, 0.3) is 11.0 Å². The van der Waals surface area contributed by atoms with E-state index in [-0.39, 0.29) is 11.8 Å². The van der Waals surface area contributed by atoms with Crippen molar-refractivity contribution in [1.29, 1.82) is 0 Å². The number of hydrazine groups is 1. The monoisotopic (exact) mass is 328 g/mol. The molecule has 0 spiro atoms. The number of primary amides is 1. The Balaban J connectivity index is 1.94. The SMILES string of the molecule is C=CC(=O)NN1CCC[C@H](c2ncc(C(N)=O)c3[nH]c(C)nc23)C1. The molecule has 126 valence electrons. The van der Waals surface area contributed by atoms with E-state index >= 15 is 0 Å². The molecule has 4 N–H and O–H groups in total. The smallest absolute Gasteiger partial charge is 0.257 e. The Labute approximate surface area is 139 Å². The molecule has 2 amide bonds. The van der Waals surface area contributed by atoms with Crippen molar-refractivity contribution >= 4 is 22.8 Å². The Kier molecular flexibility index (Phi) is 4.30. The average molecular weight is 328 g/mol. The number of aromatic amines is 1. The molecule has 2 aromatic rings. The highest BCUT2D eigenvalue weighted by molar-refractivity contribution is 6.04. The Morgan fingerprint density at radius 3 is 3.04 bits per heavy atom. The van der Waals surface area contributed by atoms with Crippen molar-refractivity contribution in [3.63, 3.8) is 0 Å². The van der Waals surface area contributed by atoms with Crippen molar-refractivity contribution < 1.29 is 9.59 Å². The molecule has 1 atom stereocenters. The number of piperidine rings is 1. The van der Waals surface area contributed by atoms with Gasteiger partial charge in [-0.3, -0.25) is 20.0 Å². The maximum absolute atomic E-state index is 11.6. The number of nitrogens with two attached hydrogens (primary N) is 1. The van der Waals surface area contributed by atoms with Crippen molar-refractivity contribution in [3.05, 3.63) is 35.9 Å². The van der Waals surface area contributed by atoms with Crippen molar-refractivity contribution in [1.82, 2.24) is 25.4 Å². The second-order valence-corrected chi connectivity index (χ2v) is 5.93. The molecule has 1 aliphatic heterocycles. The van der Waals surface area contributed by atoms with Gasteiger partial charge in [-0.15, -0.1) is 0 Å². The van der Waals surface area contributed by atoms with Crippen LogP contribution in [-0.4, -0.2) is 44.9 Å². The molecule has 8 heteroatoms. The van der Waals surface area contributed by atoms with Crippen LogP contribution in [0.5, 0.6) is 0 Å². The Bertz CT molecular complexity index is 812. The number of H-pyrrole nitrogens is 1. The molecule has 1 saturated heterocycles. The van der Waals surface area contributed by atoms with Crippen LogP contribution in [-0.2, 0) is 4.79 Å². The zero-order chi connectivity index (χ0) is 17.3. The second kappa shape index (κ2) is 6.40. The van der Waals surface area contributed by atoms with Crippen molar-refractivity contribution in [2.75, 3.05) is 13.1 Å². The zero-order valence-corrected chi connectivity index (χ0v) is 13.5.